The first-order valence-electron chi connectivity index (χ1n) is 8.93. The number of halogens is 1. The van der Waals surface area contributed by atoms with Crippen molar-refractivity contribution in [1.82, 2.24) is 0 Å². The van der Waals surface area contributed by atoms with Crippen LogP contribution in [0.25, 0.3) is 0 Å². The smallest absolute Gasteiger partial charge is 0.338 e. The molecule has 0 spiro atoms. The fourth-order valence-electron chi connectivity index (χ4n) is 2.78. The Balaban J connectivity index is 1.94. The first-order chi connectivity index (χ1) is 11.9. The third-order valence-corrected chi connectivity index (χ3v) is 5.72. The topological polar surface area (TPSA) is 26.3 Å². The molecule has 2 aromatic carbocycles. The molecule has 0 fully saturated rings. The summed E-state index contributed by atoms with van der Waals surface area (Å²) in [6.07, 6.45) is 2.91. The van der Waals surface area contributed by atoms with Gasteiger partial charge in [-0.05, 0) is 62.5 Å². The molecule has 0 saturated carbocycles. The van der Waals surface area contributed by atoms with Gasteiger partial charge < -0.3 is 8.84 Å². The third-order valence-electron chi connectivity index (χ3n) is 4.18. The van der Waals surface area contributed by atoms with E-state index in [1.165, 1.54) is 5.56 Å². The minimum Gasteiger partial charge on any atom is -0.459 e. The summed E-state index contributed by atoms with van der Waals surface area (Å²) >= 11 is 0. The Morgan fingerprint density at radius 1 is 1.00 bits per heavy atom. The minimum atomic E-state index is -2.56. The van der Waals surface area contributed by atoms with Crippen LogP contribution in [0.1, 0.15) is 35.2 Å². The molecule has 2 rings (SSSR count). The third kappa shape index (κ3) is 7.65. The molecular formula is C21H27FO2Si. The van der Waals surface area contributed by atoms with Crippen molar-refractivity contribution < 1.29 is 13.6 Å². The zero-order valence-corrected chi connectivity index (χ0v) is 16.1. The summed E-state index contributed by atoms with van der Waals surface area (Å²) in [7, 11) is -2.56. The summed E-state index contributed by atoms with van der Waals surface area (Å²) < 4.78 is 19.6. The van der Waals surface area contributed by atoms with Gasteiger partial charge in [0.25, 0.3) is 0 Å². The van der Waals surface area contributed by atoms with Crippen molar-refractivity contribution in [2.24, 2.45) is 0 Å². The zero-order valence-electron chi connectivity index (χ0n) is 15.1. The van der Waals surface area contributed by atoms with Crippen molar-refractivity contribution in [3.8, 4) is 0 Å². The van der Waals surface area contributed by atoms with E-state index in [1.54, 1.807) is 25.2 Å². The van der Waals surface area contributed by atoms with Crippen LogP contribution < -0.4 is 0 Å². The lowest BCUT2D eigenvalue weighted by Gasteiger charge is -2.19. The molecule has 0 amide bonds. The van der Waals surface area contributed by atoms with Gasteiger partial charge in [0.2, 0.25) is 8.41 Å². The summed E-state index contributed by atoms with van der Waals surface area (Å²) in [5.41, 5.74) is 1.79. The molecule has 0 saturated heterocycles. The van der Waals surface area contributed by atoms with Gasteiger partial charge in [-0.1, -0.05) is 48.5 Å². The van der Waals surface area contributed by atoms with Gasteiger partial charge in [-0.15, -0.1) is 0 Å². The van der Waals surface area contributed by atoms with E-state index in [0.29, 0.717) is 18.0 Å². The van der Waals surface area contributed by atoms with Crippen LogP contribution in [0, 0.1) is 0 Å². The van der Waals surface area contributed by atoms with Crippen molar-refractivity contribution >= 4 is 14.4 Å². The van der Waals surface area contributed by atoms with E-state index in [1.807, 2.05) is 36.4 Å². The first-order valence-corrected chi connectivity index (χ1v) is 12.0. The van der Waals surface area contributed by atoms with Crippen LogP contribution in [-0.2, 0) is 11.2 Å². The largest absolute Gasteiger partial charge is 0.459 e. The lowest BCUT2D eigenvalue weighted by Crippen LogP contribution is -2.22. The highest BCUT2D eigenvalue weighted by atomic mass is 28.4. The highest BCUT2D eigenvalue weighted by molar-refractivity contribution is 6.70. The number of benzene rings is 2. The number of carbonyl (C=O) groups excluding carboxylic acids is 1. The normalized spacial score (nSPS) is 12.6. The number of hydrogen-bond acceptors (Lipinski definition) is 2. The minimum absolute atomic E-state index is 0.177. The predicted octanol–water partition coefficient (Wildman–Crippen LogP) is 5.80. The molecule has 1 atom stereocenters. The molecule has 0 heterocycles. The van der Waals surface area contributed by atoms with Gasteiger partial charge >= 0.3 is 5.97 Å². The van der Waals surface area contributed by atoms with E-state index in [0.717, 1.165) is 19.3 Å². The zero-order chi connectivity index (χ0) is 18.1. The number of esters is 1. The van der Waals surface area contributed by atoms with Crippen LogP contribution >= 0.6 is 0 Å². The first kappa shape index (κ1) is 19.4. The summed E-state index contributed by atoms with van der Waals surface area (Å²) in [6.45, 7) is 3.45. The summed E-state index contributed by atoms with van der Waals surface area (Å²) in [4.78, 5) is 12.3. The molecule has 2 nitrogen and oxygen atoms in total. The summed E-state index contributed by atoms with van der Waals surface area (Å²) in [5, 5.41) is 0. The van der Waals surface area contributed by atoms with Crippen molar-refractivity contribution in [3.63, 3.8) is 0 Å². The SMILES string of the molecule is C[Si](C)(F)CCCC(CCc1ccccc1)OC(=O)c1ccccc1. The Bertz CT molecular complexity index is 638. The number of ether oxygens (including phenoxy) is 1. The van der Waals surface area contributed by atoms with Crippen LogP contribution in [-0.4, -0.2) is 20.5 Å². The van der Waals surface area contributed by atoms with Crippen molar-refractivity contribution in [2.45, 2.75) is 50.9 Å². The predicted molar refractivity (Wildman–Crippen MR) is 103 cm³/mol. The lowest BCUT2D eigenvalue weighted by molar-refractivity contribution is 0.0260. The molecule has 0 radical (unpaired) electrons. The molecule has 2 aromatic rings. The molecule has 0 aromatic heterocycles. The van der Waals surface area contributed by atoms with Gasteiger partial charge in [0, 0.05) is 0 Å². The van der Waals surface area contributed by atoms with Gasteiger partial charge in [0.15, 0.2) is 0 Å². The maximum Gasteiger partial charge on any atom is 0.338 e. The van der Waals surface area contributed by atoms with Gasteiger partial charge in [-0.2, -0.15) is 0 Å². The van der Waals surface area contributed by atoms with E-state index in [2.05, 4.69) is 12.1 Å². The molecule has 4 heteroatoms. The van der Waals surface area contributed by atoms with E-state index < -0.39 is 8.41 Å². The highest BCUT2D eigenvalue weighted by Crippen LogP contribution is 2.20. The van der Waals surface area contributed by atoms with Gasteiger partial charge in [-0.3, -0.25) is 0 Å². The average Bonchev–Trinajstić information content (AvgIpc) is 2.60. The number of carbonyl (C=O) groups is 1. The Morgan fingerprint density at radius 3 is 2.20 bits per heavy atom. The van der Waals surface area contributed by atoms with E-state index in [9.17, 15) is 8.90 Å². The average molecular weight is 359 g/mol. The van der Waals surface area contributed by atoms with Gasteiger partial charge in [0.1, 0.15) is 6.10 Å². The van der Waals surface area contributed by atoms with Crippen molar-refractivity contribution in [2.75, 3.05) is 0 Å². The molecule has 25 heavy (non-hydrogen) atoms. The summed E-state index contributed by atoms with van der Waals surface area (Å²) in [6, 6.07) is 19.8. The maximum atomic E-state index is 13.8. The fraction of sp³-hybridized carbons (Fsp3) is 0.381. The number of aryl methyl sites for hydroxylation is 1. The molecule has 0 N–H and O–H groups in total. The van der Waals surface area contributed by atoms with Crippen LogP contribution in [0.2, 0.25) is 19.1 Å². The van der Waals surface area contributed by atoms with E-state index in [-0.39, 0.29) is 12.1 Å². The molecular weight excluding hydrogens is 331 g/mol. The van der Waals surface area contributed by atoms with Crippen LogP contribution in [0.3, 0.4) is 0 Å². The standard InChI is InChI=1S/C21H27FO2Si/c1-25(2,22)17-9-14-20(16-15-18-10-5-3-6-11-18)24-21(23)19-12-7-4-8-13-19/h3-8,10-13,20H,9,14-17H2,1-2H3. The second kappa shape index (κ2) is 9.52. The van der Waals surface area contributed by atoms with E-state index in [4.69, 9.17) is 4.74 Å². The second-order valence-corrected chi connectivity index (χ2v) is 11.0. The van der Waals surface area contributed by atoms with Gasteiger partial charge in [-0.25, -0.2) is 4.79 Å². The quantitative estimate of drug-likeness (QED) is 0.322. The molecule has 0 aliphatic rings. The molecule has 0 aliphatic carbocycles. The van der Waals surface area contributed by atoms with Crippen molar-refractivity contribution in [1.29, 1.82) is 0 Å². The molecule has 0 aliphatic heterocycles. The molecule has 1 unspecified atom stereocenters. The molecule has 0 bridgehead atoms. The second-order valence-electron chi connectivity index (χ2n) is 7.03. The Hall–Kier alpha value is -1.94. The maximum absolute atomic E-state index is 13.8. The monoisotopic (exact) mass is 358 g/mol. The van der Waals surface area contributed by atoms with E-state index >= 15 is 0 Å². The van der Waals surface area contributed by atoms with Crippen LogP contribution in [0.15, 0.2) is 60.7 Å². The number of hydrogen-bond donors (Lipinski definition) is 0. The Labute approximate surface area is 151 Å². The molecule has 134 valence electrons. The Morgan fingerprint density at radius 2 is 1.60 bits per heavy atom. The van der Waals surface area contributed by atoms with Crippen LogP contribution in [0.5, 0.6) is 0 Å². The summed E-state index contributed by atoms with van der Waals surface area (Å²) in [5.74, 6) is -0.296. The fourth-order valence-corrected chi connectivity index (χ4v) is 3.82. The number of rotatable bonds is 9. The van der Waals surface area contributed by atoms with Crippen molar-refractivity contribution in [3.05, 3.63) is 71.8 Å². The Kier molecular flexibility index (Phi) is 7.38. The lowest BCUT2D eigenvalue weighted by atomic mass is 10.0. The highest BCUT2D eigenvalue weighted by Gasteiger charge is 2.22. The van der Waals surface area contributed by atoms with Crippen LogP contribution in [0.4, 0.5) is 4.11 Å². The van der Waals surface area contributed by atoms with Gasteiger partial charge in [0.05, 0.1) is 5.56 Å².